The van der Waals surface area contributed by atoms with Crippen LogP contribution in [0.2, 0.25) is 0 Å². The molecule has 0 aliphatic heterocycles. The van der Waals surface area contributed by atoms with Crippen LogP contribution in [0, 0.1) is 0 Å². The largest absolute Gasteiger partial charge is 0.497 e. The summed E-state index contributed by atoms with van der Waals surface area (Å²) in [6.07, 6.45) is 1.52. The standard InChI is InChI=1S/C16H18N2O4/c1-10(19)12-6-14(17-9-12)16(20)18-8-11-4-5-13(21-2)7-15(11)22-3/h4-7,9,17H,8H2,1-3H3,(H,18,20). The Morgan fingerprint density at radius 2 is 1.95 bits per heavy atom. The first-order valence-electron chi connectivity index (χ1n) is 6.73. The molecule has 1 heterocycles. The topological polar surface area (TPSA) is 80.4 Å². The highest BCUT2D eigenvalue weighted by Crippen LogP contribution is 2.24. The number of hydrogen-bond acceptors (Lipinski definition) is 4. The van der Waals surface area contributed by atoms with Crippen LogP contribution in [0.15, 0.2) is 30.5 Å². The van der Waals surface area contributed by atoms with Crippen LogP contribution in [0.1, 0.15) is 33.3 Å². The number of rotatable bonds is 6. The van der Waals surface area contributed by atoms with Crippen molar-refractivity contribution in [2.75, 3.05) is 14.2 Å². The van der Waals surface area contributed by atoms with Crippen LogP contribution in [0.3, 0.4) is 0 Å². The molecule has 2 N–H and O–H groups in total. The van der Waals surface area contributed by atoms with Gasteiger partial charge in [0.15, 0.2) is 5.78 Å². The van der Waals surface area contributed by atoms with Gasteiger partial charge in [0.1, 0.15) is 17.2 Å². The molecule has 0 radical (unpaired) electrons. The van der Waals surface area contributed by atoms with Crippen molar-refractivity contribution in [3.8, 4) is 11.5 Å². The zero-order chi connectivity index (χ0) is 16.1. The summed E-state index contributed by atoms with van der Waals surface area (Å²) in [4.78, 5) is 26.1. The lowest BCUT2D eigenvalue weighted by Gasteiger charge is -2.11. The number of aromatic amines is 1. The number of nitrogens with one attached hydrogen (secondary N) is 2. The van der Waals surface area contributed by atoms with Crippen molar-refractivity contribution in [1.82, 2.24) is 10.3 Å². The quantitative estimate of drug-likeness (QED) is 0.801. The van der Waals surface area contributed by atoms with E-state index in [0.717, 1.165) is 5.56 Å². The molecular weight excluding hydrogens is 284 g/mol. The molecule has 0 aliphatic rings. The minimum Gasteiger partial charge on any atom is -0.497 e. The number of benzene rings is 1. The van der Waals surface area contributed by atoms with E-state index in [0.29, 0.717) is 29.3 Å². The number of ether oxygens (including phenoxy) is 2. The van der Waals surface area contributed by atoms with Crippen molar-refractivity contribution in [2.24, 2.45) is 0 Å². The Kier molecular flexibility index (Phi) is 4.83. The van der Waals surface area contributed by atoms with E-state index in [2.05, 4.69) is 10.3 Å². The van der Waals surface area contributed by atoms with E-state index in [9.17, 15) is 9.59 Å². The number of Topliss-reactive ketones (excluding diaryl/α,β-unsaturated/α-hetero) is 1. The van der Waals surface area contributed by atoms with E-state index >= 15 is 0 Å². The van der Waals surface area contributed by atoms with Gasteiger partial charge in [-0.15, -0.1) is 0 Å². The van der Waals surface area contributed by atoms with E-state index in [4.69, 9.17) is 9.47 Å². The first-order chi connectivity index (χ1) is 10.5. The summed E-state index contributed by atoms with van der Waals surface area (Å²) in [6, 6.07) is 6.91. The average molecular weight is 302 g/mol. The number of aromatic nitrogens is 1. The third-order valence-corrected chi connectivity index (χ3v) is 3.27. The van der Waals surface area contributed by atoms with E-state index < -0.39 is 0 Å². The highest BCUT2D eigenvalue weighted by atomic mass is 16.5. The number of carbonyl (C=O) groups excluding carboxylic acids is 2. The fourth-order valence-corrected chi connectivity index (χ4v) is 2.00. The molecule has 0 aliphatic carbocycles. The number of ketones is 1. The molecule has 6 heteroatoms. The molecule has 0 unspecified atom stereocenters. The molecule has 2 rings (SSSR count). The van der Waals surface area contributed by atoms with Crippen LogP contribution < -0.4 is 14.8 Å². The van der Waals surface area contributed by atoms with Gasteiger partial charge in [-0.25, -0.2) is 0 Å². The zero-order valence-electron chi connectivity index (χ0n) is 12.7. The lowest BCUT2D eigenvalue weighted by atomic mass is 10.2. The van der Waals surface area contributed by atoms with Crippen LogP contribution in [0.25, 0.3) is 0 Å². The lowest BCUT2D eigenvalue weighted by Crippen LogP contribution is -2.23. The molecule has 2 aromatic rings. The maximum Gasteiger partial charge on any atom is 0.267 e. The predicted molar refractivity (Wildman–Crippen MR) is 81.5 cm³/mol. The molecule has 1 amide bonds. The Balaban J connectivity index is 2.05. The minimum atomic E-state index is -0.287. The van der Waals surface area contributed by atoms with Crippen molar-refractivity contribution in [1.29, 1.82) is 0 Å². The van der Waals surface area contributed by atoms with Crippen molar-refractivity contribution in [3.05, 3.63) is 47.3 Å². The molecule has 0 saturated heterocycles. The normalized spacial score (nSPS) is 10.1. The Hall–Kier alpha value is -2.76. The third-order valence-electron chi connectivity index (χ3n) is 3.27. The second kappa shape index (κ2) is 6.80. The zero-order valence-corrected chi connectivity index (χ0v) is 12.7. The fraction of sp³-hybridized carbons (Fsp3) is 0.250. The summed E-state index contributed by atoms with van der Waals surface area (Å²) in [6.45, 7) is 1.76. The first-order valence-corrected chi connectivity index (χ1v) is 6.73. The SMILES string of the molecule is COc1ccc(CNC(=O)c2cc(C(C)=O)c[nH]2)c(OC)c1. The van der Waals surface area contributed by atoms with Gasteiger partial charge < -0.3 is 19.8 Å². The Bertz CT molecular complexity index is 691. The molecule has 0 fully saturated rings. The van der Waals surface area contributed by atoms with E-state index in [-0.39, 0.29) is 11.7 Å². The summed E-state index contributed by atoms with van der Waals surface area (Å²) in [5.41, 5.74) is 1.65. The van der Waals surface area contributed by atoms with E-state index in [1.54, 1.807) is 26.4 Å². The average Bonchev–Trinajstić information content (AvgIpc) is 3.02. The van der Waals surface area contributed by atoms with Crippen LogP contribution in [0.5, 0.6) is 11.5 Å². The number of hydrogen-bond donors (Lipinski definition) is 2. The van der Waals surface area contributed by atoms with Crippen LogP contribution in [-0.4, -0.2) is 30.9 Å². The van der Waals surface area contributed by atoms with Gasteiger partial charge in [-0.3, -0.25) is 9.59 Å². The molecule has 1 aromatic carbocycles. The van der Waals surface area contributed by atoms with Gasteiger partial charge in [-0.2, -0.15) is 0 Å². The second-order valence-corrected chi connectivity index (χ2v) is 4.72. The van der Waals surface area contributed by atoms with Gasteiger partial charge in [0.25, 0.3) is 5.91 Å². The smallest absolute Gasteiger partial charge is 0.267 e. The molecule has 6 nitrogen and oxygen atoms in total. The molecule has 116 valence electrons. The van der Waals surface area contributed by atoms with Gasteiger partial charge in [-0.1, -0.05) is 0 Å². The summed E-state index contributed by atoms with van der Waals surface area (Å²) < 4.78 is 10.4. The molecule has 1 aromatic heterocycles. The molecule has 0 atom stereocenters. The van der Waals surface area contributed by atoms with E-state index in [1.807, 2.05) is 6.07 Å². The van der Waals surface area contributed by atoms with Crippen LogP contribution >= 0.6 is 0 Å². The van der Waals surface area contributed by atoms with Gasteiger partial charge in [0.2, 0.25) is 0 Å². The monoisotopic (exact) mass is 302 g/mol. The van der Waals surface area contributed by atoms with Crippen molar-refractivity contribution in [3.63, 3.8) is 0 Å². The highest BCUT2D eigenvalue weighted by molar-refractivity contribution is 5.99. The third kappa shape index (κ3) is 3.46. The van der Waals surface area contributed by atoms with Crippen molar-refractivity contribution in [2.45, 2.75) is 13.5 Å². The number of carbonyl (C=O) groups is 2. The Labute approximate surface area is 128 Å². The van der Waals surface area contributed by atoms with E-state index in [1.165, 1.54) is 19.2 Å². The number of H-pyrrole nitrogens is 1. The summed E-state index contributed by atoms with van der Waals surface area (Å²) in [5, 5.41) is 2.78. The fourth-order valence-electron chi connectivity index (χ4n) is 2.00. The Morgan fingerprint density at radius 3 is 2.55 bits per heavy atom. The highest BCUT2D eigenvalue weighted by Gasteiger charge is 2.12. The number of amides is 1. The lowest BCUT2D eigenvalue weighted by molar-refractivity contribution is 0.0946. The maximum absolute atomic E-state index is 12.1. The van der Waals surface area contributed by atoms with Crippen LogP contribution in [0.4, 0.5) is 0 Å². The molecule has 0 saturated carbocycles. The molecule has 0 bridgehead atoms. The van der Waals surface area contributed by atoms with Gasteiger partial charge >= 0.3 is 0 Å². The first kappa shape index (κ1) is 15.6. The Morgan fingerprint density at radius 1 is 1.18 bits per heavy atom. The molecule has 22 heavy (non-hydrogen) atoms. The maximum atomic E-state index is 12.1. The van der Waals surface area contributed by atoms with Gasteiger partial charge in [0, 0.05) is 29.9 Å². The second-order valence-electron chi connectivity index (χ2n) is 4.72. The van der Waals surface area contributed by atoms with Gasteiger partial charge in [0.05, 0.1) is 14.2 Å². The van der Waals surface area contributed by atoms with Crippen LogP contribution in [-0.2, 0) is 6.54 Å². The van der Waals surface area contributed by atoms with Crippen molar-refractivity contribution < 1.29 is 19.1 Å². The minimum absolute atomic E-state index is 0.0906. The summed E-state index contributed by atoms with van der Waals surface area (Å²) in [7, 11) is 3.14. The summed E-state index contributed by atoms with van der Waals surface area (Å²) >= 11 is 0. The van der Waals surface area contributed by atoms with Crippen molar-refractivity contribution >= 4 is 11.7 Å². The molecule has 0 spiro atoms. The molecular formula is C16H18N2O4. The number of methoxy groups -OCH3 is 2. The summed E-state index contributed by atoms with van der Waals surface area (Å²) in [5.74, 6) is 0.940. The van der Waals surface area contributed by atoms with Gasteiger partial charge in [-0.05, 0) is 25.1 Å². The predicted octanol–water partition coefficient (Wildman–Crippen LogP) is 2.16.